The molecule has 20 heavy (non-hydrogen) atoms. The van der Waals surface area contributed by atoms with E-state index in [1.165, 1.54) is 12.1 Å². The van der Waals surface area contributed by atoms with Gasteiger partial charge in [-0.05, 0) is 30.0 Å². The standard InChI is InChI=1S/C15H20FN3O/c1-10(2)6-12(9-17)15-18-14(19-20-15)8-11-4-3-5-13(16)7-11/h3-5,7,10,12H,6,8-9,17H2,1-2H3. The molecular weight excluding hydrogens is 257 g/mol. The second-order valence-corrected chi connectivity index (χ2v) is 5.42. The minimum absolute atomic E-state index is 0.0868. The maximum Gasteiger partial charge on any atom is 0.231 e. The highest BCUT2D eigenvalue weighted by Gasteiger charge is 2.19. The summed E-state index contributed by atoms with van der Waals surface area (Å²) in [6.45, 7) is 4.75. The van der Waals surface area contributed by atoms with Gasteiger partial charge in [-0.15, -0.1) is 0 Å². The predicted octanol–water partition coefficient (Wildman–Crippen LogP) is 2.89. The lowest BCUT2D eigenvalue weighted by molar-refractivity contribution is 0.332. The van der Waals surface area contributed by atoms with Crippen LogP contribution in [0.25, 0.3) is 0 Å². The molecule has 1 aromatic carbocycles. The van der Waals surface area contributed by atoms with E-state index < -0.39 is 0 Å². The van der Waals surface area contributed by atoms with E-state index in [0.717, 1.165) is 12.0 Å². The molecule has 1 heterocycles. The number of nitrogens with two attached hydrogens (primary N) is 1. The van der Waals surface area contributed by atoms with Crippen molar-refractivity contribution in [3.63, 3.8) is 0 Å². The SMILES string of the molecule is CC(C)CC(CN)c1nc(Cc2cccc(F)c2)no1. The molecule has 4 nitrogen and oxygen atoms in total. The fraction of sp³-hybridized carbons (Fsp3) is 0.467. The smallest absolute Gasteiger partial charge is 0.231 e. The molecule has 0 amide bonds. The molecular formula is C15H20FN3O. The van der Waals surface area contributed by atoms with Gasteiger partial charge in [0.1, 0.15) is 5.82 Å². The zero-order valence-corrected chi connectivity index (χ0v) is 11.8. The van der Waals surface area contributed by atoms with Crippen molar-refractivity contribution in [2.24, 2.45) is 11.7 Å². The normalized spacial score (nSPS) is 12.8. The highest BCUT2D eigenvalue weighted by molar-refractivity contribution is 5.19. The predicted molar refractivity (Wildman–Crippen MR) is 74.8 cm³/mol. The molecule has 0 bridgehead atoms. The Morgan fingerprint density at radius 1 is 1.35 bits per heavy atom. The van der Waals surface area contributed by atoms with Crippen LogP contribution in [0.4, 0.5) is 4.39 Å². The topological polar surface area (TPSA) is 64.9 Å². The van der Waals surface area contributed by atoms with Crippen LogP contribution >= 0.6 is 0 Å². The average molecular weight is 277 g/mol. The summed E-state index contributed by atoms with van der Waals surface area (Å²) in [6.07, 6.45) is 1.37. The van der Waals surface area contributed by atoms with Gasteiger partial charge in [-0.25, -0.2) is 4.39 Å². The second kappa shape index (κ2) is 6.61. The van der Waals surface area contributed by atoms with Crippen molar-refractivity contribution in [1.29, 1.82) is 0 Å². The van der Waals surface area contributed by atoms with Gasteiger partial charge in [-0.1, -0.05) is 31.1 Å². The van der Waals surface area contributed by atoms with Crippen molar-refractivity contribution in [1.82, 2.24) is 10.1 Å². The number of hydrogen-bond acceptors (Lipinski definition) is 4. The number of benzene rings is 1. The molecule has 0 saturated heterocycles. The minimum Gasteiger partial charge on any atom is -0.339 e. The van der Waals surface area contributed by atoms with Crippen LogP contribution in [0.15, 0.2) is 28.8 Å². The molecule has 1 unspecified atom stereocenters. The highest BCUT2D eigenvalue weighted by Crippen LogP contribution is 2.21. The zero-order valence-electron chi connectivity index (χ0n) is 11.8. The van der Waals surface area contributed by atoms with E-state index in [4.69, 9.17) is 10.3 Å². The Labute approximate surface area is 118 Å². The molecule has 0 aliphatic heterocycles. The zero-order chi connectivity index (χ0) is 14.5. The van der Waals surface area contributed by atoms with Gasteiger partial charge in [0.25, 0.3) is 0 Å². The van der Waals surface area contributed by atoms with E-state index in [1.807, 2.05) is 6.07 Å². The van der Waals surface area contributed by atoms with Crippen molar-refractivity contribution in [3.05, 3.63) is 47.4 Å². The van der Waals surface area contributed by atoms with Gasteiger partial charge in [0.2, 0.25) is 5.89 Å². The summed E-state index contributed by atoms with van der Waals surface area (Å²) in [4.78, 5) is 4.38. The van der Waals surface area contributed by atoms with Crippen molar-refractivity contribution in [2.75, 3.05) is 6.54 Å². The fourth-order valence-electron chi connectivity index (χ4n) is 2.20. The van der Waals surface area contributed by atoms with Crippen LogP contribution in [-0.2, 0) is 6.42 Å². The molecule has 1 aromatic heterocycles. The van der Waals surface area contributed by atoms with Crippen molar-refractivity contribution in [2.45, 2.75) is 32.6 Å². The van der Waals surface area contributed by atoms with E-state index in [1.54, 1.807) is 6.07 Å². The Morgan fingerprint density at radius 2 is 2.15 bits per heavy atom. The molecule has 108 valence electrons. The van der Waals surface area contributed by atoms with E-state index in [2.05, 4.69) is 24.0 Å². The minimum atomic E-state index is -0.258. The van der Waals surface area contributed by atoms with E-state index in [9.17, 15) is 4.39 Å². The molecule has 0 saturated carbocycles. The number of hydrogen-bond donors (Lipinski definition) is 1. The third kappa shape index (κ3) is 3.87. The molecule has 2 rings (SSSR count). The fourth-order valence-corrected chi connectivity index (χ4v) is 2.20. The monoisotopic (exact) mass is 277 g/mol. The van der Waals surface area contributed by atoms with Gasteiger partial charge >= 0.3 is 0 Å². The van der Waals surface area contributed by atoms with E-state index in [-0.39, 0.29) is 11.7 Å². The molecule has 0 radical (unpaired) electrons. The van der Waals surface area contributed by atoms with Crippen LogP contribution in [-0.4, -0.2) is 16.7 Å². The van der Waals surface area contributed by atoms with Crippen LogP contribution < -0.4 is 5.73 Å². The van der Waals surface area contributed by atoms with Gasteiger partial charge in [-0.2, -0.15) is 4.98 Å². The maximum absolute atomic E-state index is 13.1. The van der Waals surface area contributed by atoms with Crippen molar-refractivity contribution >= 4 is 0 Å². The van der Waals surface area contributed by atoms with Gasteiger partial charge in [0.05, 0.1) is 5.92 Å². The van der Waals surface area contributed by atoms with Crippen LogP contribution in [0, 0.1) is 11.7 Å². The van der Waals surface area contributed by atoms with Crippen LogP contribution in [0.2, 0.25) is 0 Å². The summed E-state index contributed by atoms with van der Waals surface area (Å²) < 4.78 is 18.4. The second-order valence-electron chi connectivity index (χ2n) is 5.42. The first kappa shape index (κ1) is 14.7. The Morgan fingerprint density at radius 3 is 2.80 bits per heavy atom. The Kier molecular flexibility index (Phi) is 4.84. The summed E-state index contributed by atoms with van der Waals surface area (Å²) in [5.74, 6) is 1.48. The summed E-state index contributed by atoms with van der Waals surface area (Å²) in [7, 11) is 0. The third-order valence-corrected chi connectivity index (χ3v) is 3.12. The Bertz CT molecular complexity index is 554. The quantitative estimate of drug-likeness (QED) is 0.881. The number of aromatic nitrogens is 2. The molecule has 1 atom stereocenters. The lowest BCUT2D eigenvalue weighted by Gasteiger charge is -2.11. The highest BCUT2D eigenvalue weighted by atomic mass is 19.1. The molecule has 2 aromatic rings. The third-order valence-electron chi connectivity index (χ3n) is 3.12. The number of nitrogens with zero attached hydrogens (tertiary/aromatic N) is 2. The Balaban J connectivity index is 2.08. The molecule has 0 spiro atoms. The lowest BCUT2D eigenvalue weighted by Crippen LogP contribution is -2.15. The van der Waals surface area contributed by atoms with Gasteiger partial charge < -0.3 is 10.3 Å². The van der Waals surface area contributed by atoms with Gasteiger partial charge in [-0.3, -0.25) is 0 Å². The summed E-state index contributed by atoms with van der Waals surface area (Å²) in [6, 6.07) is 6.41. The van der Waals surface area contributed by atoms with Gasteiger partial charge in [0, 0.05) is 13.0 Å². The summed E-state index contributed by atoms with van der Waals surface area (Å²) in [5, 5.41) is 3.95. The van der Waals surface area contributed by atoms with Crippen molar-refractivity contribution in [3.8, 4) is 0 Å². The Hall–Kier alpha value is -1.75. The van der Waals surface area contributed by atoms with Gasteiger partial charge in [0.15, 0.2) is 5.82 Å². The van der Waals surface area contributed by atoms with Crippen LogP contribution in [0.1, 0.15) is 43.5 Å². The first-order valence-electron chi connectivity index (χ1n) is 6.85. The number of rotatable bonds is 6. The van der Waals surface area contributed by atoms with Crippen LogP contribution in [0.5, 0.6) is 0 Å². The molecule has 5 heteroatoms. The number of halogens is 1. The molecule has 0 aliphatic rings. The maximum atomic E-state index is 13.1. The first-order chi connectivity index (χ1) is 9.58. The molecule has 2 N–H and O–H groups in total. The largest absolute Gasteiger partial charge is 0.339 e. The van der Waals surface area contributed by atoms with E-state index >= 15 is 0 Å². The lowest BCUT2D eigenvalue weighted by atomic mass is 9.97. The van der Waals surface area contributed by atoms with Crippen molar-refractivity contribution < 1.29 is 8.91 Å². The van der Waals surface area contributed by atoms with E-state index in [0.29, 0.717) is 30.6 Å². The molecule has 0 fully saturated rings. The summed E-state index contributed by atoms with van der Waals surface area (Å²) in [5.41, 5.74) is 6.58. The van der Waals surface area contributed by atoms with Crippen LogP contribution in [0.3, 0.4) is 0 Å². The average Bonchev–Trinajstić information content (AvgIpc) is 2.84. The molecule has 0 aliphatic carbocycles. The first-order valence-corrected chi connectivity index (χ1v) is 6.85. The summed E-state index contributed by atoms with van der Waals surface area (Å²) >= 11 is 0.